The van der Waals surface area contributed by atoms with Gasteiger partial charge in [-0.15, -0.1) is 0 Å². The molecule has 0 fully saturated rings. The molecule has 0 unspecified atom stereocenters. The molecule has 0 N–H and O–H groups in total. The molecule has 3 rings (SSSR count). The molecule has 0 spiro atoms. The summed E-state index contributed by atoms with van der Waals surface area (Å²) in [5.41, 5.74) is 2.25. The number of rotatable bonds is 1. The zero-order chi connectivity index (χ0) is 12.7. The molecule has 0 radical (unpaired) electrons. The Bertz CT molecular complexity index is 719. The van der Waals surface area contributed by atoms with Gasteiger partial charge in [0, 0.05) is 5.69 Å². The topological polar surface area (TPSA) is 30.7 Å². The third kappa shape index (κ3) is 1.75. The number of hydrogen-bond acceptors (Lipinski definition) is 2. The zero-order valence-corrected chi connectivity index (χ0v) is 10.3. The first-order valence-corrected chi connectivity index (χ1v) is 5.80. The van der Waals surface area contributed by atoms with Crippen molar-refractivity contribution in [1.29, 1.82) is 0 Å². The summed E-state index contributed by atoms with van der Waals surface area (Å²) in [6.07, 6.45) is 0. The predicted octanol–water partition coefficient (Wildman–Crippen LogP) is 3.52. The normalized spacial score (nSPS) is 11.1. The van der Waals surface area contributed by atoms with Crippen molar-refractivity contribution in [2.45, 2.75) is 6.92 Å². The number of pyridine rings is 1. The molecule has 0 bridgehead atoms. The smallest absolute Gasteiger partial charge is 0.166 e. The van der Waals surface area contributed by atoms with Crippen molar-refractivity contribution in [3.05, 3.63) is 53.2 Å². The van der Waals surface area contributed by atoms with E-state index in [-0.39, 0.29) is 5.82 Å². The van der Waals surface area contributed by atoms with Crippen LogP contribution in [-0.2, 0) is 0 Å². The lowest BCUT2D eigenvalue weighted by Gasteiger charge is -2.05. The number of aromatic nitrogens is 3. The molecule has 5 heteroatoms. The lowest BCUT2D eigenvalue weighted by atomic mass is 10.3. The number of fused-ring (bicyclic) bond motifs is 1. The molecule has 18 heavy (non-hydrogen) atoms. The van der Waals surface area contributed by atoms with E-state index in [4.69, 9.17) is 11.6 Å². The van der Waals surface area contributed by atoms with E-state index >= 15 is 0 Å². The van der Waals surface area contributed by atoms with Crippen molar-refractivity contribution in [2.24, 2.45) is 0 Å². The van der Waals surface area contributed by atoms with Gasteiger partial charge >= 0.3 is 0 Å². The monoisotopic (exact) mass is 261 g/mol. The second-order valence-electron chi connectivity index (χ2n) is 3.95. The van der Waals surface area contributed by atoms with Crippen LogP contribution in [0.4, 0.5) is 4.39 Å². The van der Waals surface area contributed by atoms with E-state index in [2.05, 4.69) is 9.97 Å². The largest absolute Gasteiger partial charge is 0.281 e. The third-order valence-corrected chi connectivity index (χ3v) is 2.93. The molecule has 0 aliphatic heterocycles. The van der Waals surface area contributed by atoms with Gasteiger partial charge in [-0.05, 0) is 43.3 Å². The number of aryl methyl sites for hydroxylation is 1. The van der Waals surface area contributed by atoms with Crippen LogP contribution in [0.25, 0.3) is 16.9 Å². The molecular weight excluding hydrogens is 253 g/mol. The Morgan fingerprint density at radius 2 is 1.78 bits per heavy atom. The van der Waals surface area contributed by atoms with Gasteiger partial charge in [0.25, 0.3) is 0 Å². The summed E-state index contributed by atoms with van der Waals surface area (Å²) in [6.45, 7) is 1.87. The highest BCUT2D eigenvalue weighted by molar-refractivity contribution is 6.29. The zero-order valence-electron chi connectivity index (χ0n) is 9.56. The van der Waals surface area contributed by atoms with Crippen LogP contribution in [0.2, 0.25) is 5.15 Å². The molecule has 0 amide bonds. The lowest BCUT2D eigenvalue weighted by molar-refractivity contribution is 0.627. The predicted molar refractivity (Wildman–Crippen MR) is 68.6 cm³/mol. The maximum atomic E-state index is 12.9. The van der Waals surface area contributed by atoms with Crippen molar-refractivity contribution < 1.29 is 4.39 Å². The molecule has 0 saturated heterocycles. The fraction of sp³-hybridized carbons (Fsp3) is 0.0769. The Kier molecular flexibility index (Phi) is 2.52. The van der Waals surface area contributed by atoms with Gasteiger partial charge in [0.15, 0.2) is 5.65 Å². The third-order valence-electron chi connectivity index (χ3n) is 2.72. The van der Waals surface area contributed by atoms with Crippen molar-refractivity contribution >= 4 is 22.8 Å². The van der Waals surface area contributed by atoms with Crippen LogP contribution in [0.3, 0.4) is 0 Å². The summed E-state index contributed by atoms with van der Waals surface area (Å²) in [7, 11) is 0. The van der Waals surface area contributed by atoms with E-state index in [0.717, 1.165) is 17.0 Å². The first-order chi connectivity index (χ1) is 8.65. The maximum absolute atomic E-state index is 12.9. The number of nitrogens with zero attached hydrogens (tertiary/aromatic N) is 3. The molecule has 0 saturated carbocycles. The van der Waals surface area contributed by atoms with Gasteiger partial charge in [-0.25, -0.2) is 14.4 Å². The van der Waals surface area contributed by atoms with Gasteiger partial charge < -0.3 is 0 Å². The van der Waals surface area contributed by atoms with Crippen LogP contribution in [0.5, 0.6) is 0 Å². The highest BCUT2D eigenvalue weighted by atomic mass is 35.5. The van der Waals surface area contributed by atoms with Gasteiger partial charge in [0.2, 0.25) is 0 Å². The van der Waals surface area contributed by atoms with E-state index in [1.165, 1.54) is 12.1 Å². The van der Waals surface area contributed by atoms with E-state index in [9.17, 15) is 4.39 Å². The molecule has 1 aromatic carbocycles. The van der Waals surface area contributed by atoms with Gasteiger partial charge in [0.05, 0.1) is 0 Å². The Balaban J connectivity index is 2.30. The van der Waals surface area contributed by atoms with Crippen LogP contribution in [0, 0.1) is 12.7 Å². The number of hydrogen-bond donors (Lipinski definition) is 0. The molecule has 3 aromatic rings. The van der Waals surface area contributed by atoms with Crippen molar-refractivity contribution in [1.82, 2.24) is 14.5 Å². The van der Waals surface area contributed by atoms with Gasteiger partial charge in [-0.1, -0.05) is 11.6 Å². The average molecular weight is 262 g/mol. The Hall–Kier alpha value is -1.94. The SMILES string of the molecule is Cc1nc2ccc(Cl)nc2n1-c1ccc(F)cc1. The molecule has 0 aliphatic carbocycles. The minimum atomic E-state index is -0.271. The van der Waals surface area contributed by atoms with Gasteiger partial charge in [0.1, 0.15) is 22.3 Å². The molecule has 2 aromatic heterocycles. The minimum Gasteiger partial charge on any atom is -0.281 e. The first-order valence-electron chi connectivity index (χ1n) is 5.43. The van der Waals surface area contributed by atoms with Crippen LogP contribution in [0.15, 0.2) is 36.4 Å². The van der Waals surface area contributed by atoms with E-state index in [1.54, 1.807) is 18.2 Å². The Labute approximate surface area is 108 Å². The van der Waals surface area contributed by atoms with Gasteiger partial charge in [-0.3, -0.25) is 4.57 Å². The van der Waals surface area contributed by atoms with Crippen molar-refractivity contribution in [3.8, 4) is 5.69 Å². The fourth-order valence-electron chi connectivity index (χ4n) is 1.95. The highest BCUT2D eigenvalue weighted by Crippen LogP contribution is 2.21. The summed E-state index contributed by atoms with van der Waals surface area (Å²) >= 11 is 5.90. The molecule has 0 aliphatic rings. The number of halogens is 2. The molecule has 0 atom stereocenters. The standard InChI is InChI=1S/C13H9ClFN3/c1-8-16-11-6-7-12(14)17-13(11)18(8)10-4-2-9(15)3-5-10/h2-7H,1H3. The molecule has 90 valence electrons. The molecule has 2 heterocycles. The number of imidazole rings is 1. The van der Waals surface area contributed by atoms with Crippen LogP contribution >= 0.6 is 11.6 Å². The second kappa shape index (κ2) is 4.07. The van der Waals surface area contributed by atoms with Crippen LogP contribution < -0.4 is 0 Å². The quantitative estimate of drug-likeness (QED) is 0.628. The molecule has 3 nitrogen and oxygen atoms in total. The molecular formula is C13H9ClFN3. The Morgan fingerprint density at radius 3 is 2.50 bits per heavy atom. The fourth-order valence-corrected chi connectivity index (χ4v) is 2.09. The average Bonchev–Trinajstić information content (AvgIpc) is 2.66. The minimum absolute atomic E-state index is 0.271. The lowest BCUT2D eigenvalue weighted by Crippen LogP contribution is -1.98. The van der Waals surface area contributed by atoms with Gasteiger partial charge in [-0.2, -0.15) is 0 Å². The Morgan fingerprint density at radius 1 is 1.06 bits per heavy atom. The highest BCUT2D eigenvalue weighted by Gasteiger charge is 2.10. The van der Waals surface area contributed by atoms with E-state index in [1.807, 2.05) is 17.6 Å². The second-order valence-corrected chi connectivity index (χ2v) is 4.33. The summed E-state index contributed by atoms with van der Waals surface area (Å²) in [6, 6.07) is 9.71. The van der Waals surface area contributed by atoms with Crippen LogP contribution in [-0.4, -0.2) is 14.5 Å². The number of benzene rings is 1. The maximum Gasteiger partial charge on any atom is 0.166 e. The van der Waals surface area contributed by atoms with Crippen molar-refractivity contribution in [3.63, 3.8) is 0 Å². The summed E-state index contributed by atoms with van der Waals surface area (Å²) in [5.74, 6) is 0.512. The van der Waals surface area contributed by atoms with E-state index in [0.29, 0.717) is 10.8 Å². The van der Waals surface area contributed by atoms with Crippen molar-refractivity contribution in [2.75, 3.05) is 0 Å². The summed E-state index contributed by atoms with van der Waals surface area (Å²) in [5, 5.41) is 0.408. The summed E-state index contributed by atoms with van der Waals surface area (Å²) in [4.78, 5) is 8.67. The van der Waals surface area contributed by atoms with Crippen LogP contribution in [0.1, 0.15) is 5.82 Å². The summed E-state index contributed by atoms with van der Waals surface area (Å²) < 4.78 is 14.8. The van der Waals surface area contributed by atoms with E-state index < -0.39 is 0 Å². The first kappa shape index (κ1) is 11.2.